The second kappa shape index (κ2) is 12.2. The van der Waals surface area contributed by atoms with E-state index in [0.29, 0.717) is 10.0 Å². The molecule has 0 aliphatic heterocycles. The number of fused-ring (bicyclic) bond motifs is 6. The summed E-state index contributed by atoms with van der Waals surface area (Å²) in [5.74, 6) is 0. The summed E-state index contributed by atoms with van der Waals surface area (Å²) in [5, 5.41) is 5.82. The fourth-order valence-corrected chi connectivity index (χ4v) is 7.66. The lowest BCUT2D eigenvalue weighted by Gasteiger charge is -2.13. The topological polar surface area (TPSA) is 61.4 Å². The highest BCUT2D eigenvalue weighted by molar-refractivity contribution is 6.32. The van der Waals surface area contributed by atoms with Gasteiger partial charge >= 0.3 is 0 Å². The summed E-state index contributed by atoms with van der Waals surface area (Å²) in [5.41, 5.74) is 11.8. The maximum atomic E-state index is 6.41. The van der Waals surface area contributed by atoms with Crippen LogP contribution in [0.2, 0.25) is 10.0 Å². The molecular formula is C44H26Cl2N6. The molecule has 0 aliphatic carbocycles. The van der Waals surface area contributed by atoms with Crippen LogP contribution in [0.4, 0.5) is 0 Å². The number of hydrogen-bond acceptors (Lipinski definition) is 4. The van der Waals surface area contributed by atoms with E-state index in [4.69, 9.17) is 28.2 Å². The molecule has 0 N–H and O–H groups in total. The minimum Gasteiger partial charge on any atom is -0.308 e. The number of halogens is 2. The van der Waals surface area contributed by atoms with E-state index in [2.05, 4.69) is 96.9 Å². The Bertz CT molecular complexity index is 2790. The zero-order valence-electron chi connectivity index (χ0n) is 27.5. The summed E-state index contributed by atoms with van der Waals surface area (Å²) in [6.07, 6.45) is 9.25. The van der Waals surface area contributed by atoms with Gasteiger partial charge in [0.2, 0.25) is 0 Å². The van der Waals surface area contributed by atoms with E-state index >= 15 is 0 Å². The van der Waals surface area contributed by atoms with Crippen molar-refractivity contribution in [2.24, 2.45) is 0 Å². The molecule has 0 radical (unpaired) electrons. The molecule has 0 spiro atoms. The Hall–Kier alpha value is -6.34. The van der Waals surface area contributed by atoms with Gasteiger partial charge in [0.1, 0.15) is 0 Å². The van der Waals surface area contributed by atoms with Crippen LogP contribution in [0, 0.1) is 0 Å². The lowest BCUT2D eigenvalue weighted by Crippen LogP contribution is -1.96. The zero-order chi connectivity index (χ0) is 34.8. The summed E-state index contributed by atoms with van der Waals surface area (Å²) in [4.78, 5) is 18.6. The van der Waals surface area contributed by atoms with Crippen LogP contribution in [0.3, 0.4) is 0 Å². The molecule has 6 aromatic heterocycles. The minimum absolute atomic E-state index is 0.706. The fraction of sp³-hybridized carbons (Fsp3) is 0. The quantitative estimate of drug-likeness (QED) is 0.178. The van der Waals surface area contributed by atoms with Crippen molar-refractivity contribution in [3.8, 4) is 45.1 Å². The van der Waals surface area contributed by atoms with Gasteiger partial charge in [0.05, 0.1) is 51.5 Å². The van der Waals surface area contributed by atoms with Crippen LogP contribution in [-0.4, -0.2) is 29.1 Å². The van der Waals surface area contributed by atoms with Gasteiger partial charge in [0.15, 0.2) is 0 Å². The highest BCUT2D eigenvalue weighted by Gasteiger charge is 2.16. The third-order valence-electron chi connectivity index (χ3n) is 9.69. The average Bonchev–Trinajstić information content (AvgIpc) is 3.70. The number of aromatic nitrogens is 6. The van der Waals surface area contributed by atoms with E-state index in [1.165, 1.54) is 0 Å². The van der Waals surface area contributed by atoms with E-state index in [0.717, 1.165) is 88.8 Å². The molecule has 0 atom stereocenters. The normalized spacial score (nSPS) is 11.7. The van der Waals surface area contributed by atoms with Crippen LogP contribution in [0.1, 0.15) is 0 Å². The van der Waals surface area contributed by atoms with Crippen molar-refractivity contribution in [2.75, 3.05) is 0 Å². The van der Waals surface area contributed by atoms with Gasteiger partial charge in [0, 0.05) is 67.1 Å². The van der Waals surface area contributed by atoms with Crippen molar-refractivity contribution < 1.29 is 0 Å². The average molecular weight is 710 g/mol. The lowest BCUT2D eigenvalue weighted by atomic mass is 10.0. The van der Waals surface area contributed by atoms with E-state index in [1.807, 2.05) is 79.4 Å². The molecule has 6 heterocycles. The molecule has 10 rings (SSSR count). The van der Waals surface area contributed by atoms with Crippen molar-refractivity contribution >= 4 is 66.8 Å². The first-order valence-electron chi connectivity index (χ1n) is 16.8. The molecule has 0 fully saturated rings. The van der Waals surface area contributed by atoms with Gasteiger partial charge in [-0.1, -0.05) is 53.5 Å². The van der Waals surface area contributed by atoms with Gasteiger partial charge in [-0.15, -0.1) is 0 Å². The van der Waals surface area contributed by atoms with E-state index in [1.54, 1.807) is 6.20 Å². The maximum absolute atomic E-state index is 6.41. The second-order valence-electron chi connectivity index (χ2n) is 12.7. The molecule has 0 saturated heterocycles. The van der Waals surface area contributed by atoms with Crippen molar-refractivity contribution in [1.29, 1.82) is 0 Å². The predicted octanol–water partition coefficient (Wildman–Crippen LogP) is 11.8. The van der Waals surface area contributed by atoms with Crippen LogP contribution in [0.5, 0.6) is 0 Å². The smallest absolute Gasteiger partial charge is 0.0899 e. The number of rotatable bonds is 5. The summed E-state index contributed by atoms with van der Waals surface area (Å²) in [7, 11) is 0. The lowest BCUT2D eigenvalue weighted by molar-refractivity contribution is 1.16. The molecular weight excluding hydrogens is 683 g/mol. The predicted molar refractivity (Wildman–Crippen MR) is 213 cm³/mol. The Balaban J connectivity index is 1.07. The first kappa shape index (κ1) is 30.5. The molecule has 0 amide bonds. The highest BCUT2D eigenvalue weighted by atomic mass is 35.5. The SMILES string of the molecule is Clc1ccc2c(c1)c1ccncc1n2-c1ccc(-c2cc(-c3ccc(-n4c5ccc(Cl)cc5c5ccncc54)cc3)nc(-c3ccccn3)c2)cc1. The van der Waals surface area contributed by atoms with E-state index < -0.39 is 0 Å². The van der Waals surface area contributed by atoms with Crippen LogP contribution in [-0.2, 0) is 0 Å². The van der Waals surface area contributed by atoms with Gasteiger partial charge in [-0.05, 0) is 108 Å². The Morgan fingerprint density at radius 3 is 1.52 bits per heavy atom. The number of pyridine rings is 4. The van der Waals surface area contributed by atoms with Crippen molar-refractivity contribution in [3.63, 3.8) is 0 Å². The first-order valence-corrected chi connectivity index (χ1v) is 17.6. The molecule has 0 aliphatic rings. The third kappa shape index (κ3) is 5.03. The number of hydrogen-bond donors (Lipinski definition) is 0. The summed E-state index contributed by atoms with van der Waals surface area (Å²) >= 11 is 12.8. The molecule has 0 bridgehead atoms. The summed E-state index contributed by atoms with van der Waals surface area (Å²) in [6.45, 7) is 0. The molecule has 4 aromatic carbocycles. The number of benzene rings is 4. The zero-order valence-corrected chi connectivity index (χ0v) is 29.0. The van der Waals surface area contributed by atoms with Crippen LogP contribution < -0.4 is 0 Å². The van der Waals surface area contributed by atoms with Crippen molar-refractivity contribution in [3.05, 3.63) is 168 Å². The maximum Gasteiger partial charge on any atom is 0.0899 e. The molecule has 246 valence electrons. The Morgan fingerprint density at radius 2 is 0.962 bits per heavy atom. The Kier molecular flexibility index (Phi) is 7.13. The van der Waals surface area contributed by atoms with Gasteiger partial charge in [-0.3, -0.25) is 15.0 Å². The van der Waals surface area contributed by atoms with Crippen LogP contribution in [0.25, 0.3) is 88.8 Å². The molecule has 52 heavy (non-hydrogen) atoms. The number of nitrogens with zero attached hydrogens (tertiary/aromatic N) is 6. The molecule has 10 aromatic rings. The standard InChI is InChI=1S/C44H26Cl2N6/c45-30-8-14-41-36(23-30)34-16-19-47-25-43(34)51(41)32-10-4-27(5-11-32)29-21-39(50-40(22-29)38-3-1-2-18-49-38)28-6-12-33(13-7-28)52-42-15-9-31(46)24-37(42)35-17-20-48-26-44(35)52/h1-26H. The summed E-state index contributed by atoms with van der Waals surface area (Å²) < 4.78 is 4.46. The van der Waals surface area contributed by atoms with E-state index in [-0.39, 0.29) is 0 Å². The monoisotopic (exact) mass is 708 g/mol. The molecule has 8 heteroatoms. The minimum atomic E-state index is 0.706. The highest BCUT2D eigenvalue weighted by Crippen LogP contribution is 2.37. The van der Waals surface area contributed by atoms with E-state index in [9.17, 15) is 0 Å². The van der Waals surface area contributed by atoms with Gasteiger partial charge in [-0.25, -0.2) is 4.98 Å². The first-order chi connectivity index (χ1) is 25.6. The van der Waals surface area contributed by atoms with Gasteiger partial charge in [0.25, 0.3) is 0 Å². The third-order valence-corrected chi connectivity index (χ3v) is 10.2. The molecule has 0 saturated carbocycles. The van der Waals surface area contributed by atoms with Crippen molar-refractivity contribution in [2.45, 2.75) is 0 Å². The Labute approximate surface area is 308 Å². The van der Waals surface area contributed by atoms with Crippen LogP contribution >= 0.6 is 23.2 Å². The largest absolute Gasteiger partial charge is 0.308 e. The van der Waals surface area contributed by atoms with Gasteiger partial charge in [-0.2, -0.15) is 0 Å². The second-order valence-corrected chi connectivity index (χ2v) is 13.6. The molecule has 0 unspecified atom stereocenters. The summed E-state index contributed by atoms with van der Waals surface area (Å²) in [6, 6.07) is 43.4. The van der Waals surface area contributed by atoms with Crippen LogP contribution in [0.15, 0.2) is 158 Å². The fourth-order valence-electron chi connectivity index (χ4n) is 7.31. The van der Waals surface area contributed by atoms with Gasteiger partial charge < -0.3 is 9.13 Å². The Morgan fingerprint density at radius 1 is 0.404 bits per heavy atom. The molecule has 6 nitrogen and oxygen atoms in total. The van der Waals surface area contributed by atoms with Crippen molar-refractivity contribution in [1.82, 2.24) is 29.1 Å².